The Morgan fingerprint density at radius 3 is 2.75 bits per heavy atom. The minimum Gasteiger partial charge on any atom is -0.398 e. The normalized spacial score (nSPS) is 10.2. The number of thiol groups is 1. The molecule has 0 amide bonds. The lowest BCUT2D eigenvalue weighted by Crippen LogP contribution is -1.98. The van der Waals surface area contributed by atoms with Gasteiger partial charge >= 0.3 is 0 Å². The van der Waals surface area contributed by atoms with Gasteiger partial charge in [-0.1, -0.05) is 12.1 Å². The molecule has 2 nitrogen and oxygen atoms in total. The van der Waals surface area contributed by atoms with Gasteiger partial charge in [0.2, 0.25) is 0 Å². The van der Waals surface area contributed by atoms with Crippen LogP contribution in [-0.4, -0.2) is 11.7 Å². The Morgan fingerprint density at radius 1 is 1.50 bits per heavy atom. The minimum absolute atomic E-state index is 0.135. The molecular formula is C9H13NOS. The third kappa shape index (κ3) is 1.73. The molecule has 0 aromatic heterocycles. The van der Waals surface area contributed by atoms with E-state index in [1.54, 1.807) is 0 Å². The third-order valence-electron chi connectivity index (χ3n) is 1.90. The van der Waals surface area contributed by atoms with Crippen LogP contribution in [-0.2, 0) is 6.42 Å². The maximum Gasteiger partial charge on any atom is 0.0482 e. The number of aliphatic hydroxyl groups is 1. The highest BCUT2D eigenvalue weighted by Crippen LogP contribution is 2.24. The Hall–Kier alpha value is -0.670. The van der Waals surface area contributed by atoms with Gasteiger partial charge in [-0.25, -0.2) is 0 Å². The first-order valence-electron chi connectivity index (χ1n) is 3.84. The number of benzene rings is 1. The van der Waals surface area contributed by atoms with Crippen LogP contribution >= 0.6 is 12.6 Å². The van der Waals surface area contributed by atoms with Crippen molar-refractivity contribution in [1.29, 1.82) is 0 Å². The highest BCUT2D eigenvalue weighted by molar-refractivity contribution is 7.80. The number of rotatable bonds is 2. The standard InChI is InChI=1S/C9H13NOS/c1-6-2-3-7(4-5-11)9(12)8(6)10/h2-3,11-12H,4-5,10H2,1H3. The van der Waals surface area contributed by atoms with E-state index in [4.69, 9.17) is 10.8 Å². The first-order valence-corrected chi connectivity index (χ1v) is 4.29. The number of nitrogens with two attached hydrogens (primary N) is 1. The lowest BCUT2D eigenvalue weighted by Gasteiger charge is -2.08. The molecule has 0 spiro atoms. The SMILES string of the molecule is Cc1ccc(CCO)c(S)c1N. The molecule has 0 radical (unpaired) electrons. The molecule has 3 N–H and O–H groups in total. The van der Waals surface area contributed by atoms with E-state index in [9.17, 15) is 0 Å². The van der Waals surface area contributed by atoms with Crippen molar-refractivity contribution >= 4 is 18.3 Å². The Labute approximate surface area is 77.8 Å². The Morgan fingerprint density at radius 2 is 2.17 bits per heavy atom. The van der Waals surface area contributed by atoms with Crippen molar-refractivity contribution in [2.45, 2.75) is 18.2 Å². The highest BCUT2D eigenvalue weighted by atomic mass is 32.1. The molecule has 1 rings (SSSR count). The zero-order chi connectivity index (χ0) is 9.14. The second kappa shape index (κ2) is 3.83. The van der Waals surface area contributed by atoms with E-state index in [1.165, 1.54) is 0 Å². The molecule has 0 bridgehead atoms. The van der Waals surface area contributed by atoms with Crippen LogP contribution in [0.1, 0.15) is 11.1 Å². The number of anilines is 1. The van der Waals surface area contributed by atoms with Crippen LogP contribution in [0.4, 0.5) is 5.69 Å². The average molecular weight is 183 g/mol. The van der Waals surface area contributed by atoms with Gasteiger partial charge in [-0.15, -0.1) is 12.6 Å². The van der Waals surface area contributed by atoms with E-state index in [0.29, 0.717) is 12.1 Å². The van der Waals surface area contributed by atoms with E-state index >= 15 is 0 Å². The summed E-state index contributed by atoms with van der Waals surface area (Å²) in [5, 5.41) is 8.73. The number of hydrogen-bond acceptors (Lipinski definition) is 3. The number of hydrogen-bond donors (Lipinski definition) is 3. The molecule has 1 aromatic rings. The monoisotopic (exact) mass is 183 g/mol. The average Bonchev–Trinajstić information content (AvgIpc) is 2.07. The zero-order valence-electron chi connectivity index (χ0n) is 7.04. The molecule has 0 fully saturated rings. The summed E-state index contributed by atoms with van der Waals surface area (Å²) in [5.41, 5.74) is 8.50. The molecule has 12 heavy (non-hydrogen) atoms. The summed E-state index contributed by atoms with van der Waals surface area (Å²) in [6.07, 6.45) is 0.614. The summed E-state index contributed by atoms with van der Waals surface area (Å²) < 4.78 is 0. The van der Waals surface area contributed by atoms with Crippen molar-refractivity contribution in [2.75, 3.05) is 12.3 Å². The van der Waals surface area contributed by atoms with Crippen LogP contribution in [0.3, 0.4) is 0 Å². The van der Waals surface area contributed by atoms with Crippen LogP contribution in [0.25, 0.3) is 0 Å². The van der Waals surface area contributed by atoms with Crippen LogP contribution in [0.5, 0.6) is 0 Å². The summed E-state index contributed by atoms with van der Waals surface area (Å²) in [7, 11) is 0. The minimum atomic E-state index is 0.135. The maximum atomic E-state index is 8.73. The Kier molecular flexibility index (Phi) is 3.00. The lowest BCUT2D eigenvalue weighted by molar-refractivity contribution is 0.299. The molecule has 0 unspecified atom stereocenters. The van der Waals surface area contributed by atoms with Crippen LogP contribution in [0, 0.1) is 6.92 Å². The van der Waals surface area contributed by atoms with Gasteiger partial charge in [0.15, 0.2) is 0 Å². The molecule has 66 valence electrons. The number of aliphatic hydroxyl groups excluding tert-OH is 1. The zero-order valence-corrected chi connectivity index (χ0v) is 7.94. The first kappa shape index (κ1) is 9.42. The van der Waals surface area contributed by atoms with E-state index in [2.05, 4.69) is 12.6 Å². The molecule has 0 aliphatic heterocycles. The Bertz CT molecular complexity index is 286. The van der Waals surface area contributed by atoms with Gasteiger partial charge in [0.05, 0.1) is 0 Å². The van der Waals surface area contributed by atoms with Crippen molar-refractivity contribution in [3.63, 3.8) is 0 Å². The van der Waals surface area contributed by atoms with Crippen molar-refractivity contribution in [2.24, 2.45) is 0 Å². The highest BCUT2D eigenvalue weighted by Gasteiger charge is 2.03. The summed E-state index contributed by atoms with van der Waals surface area (Å²) in [4.78, 5) is 0.795. The van der Waals surface area contributed by atoms with Crippen molar-refractivity contribution < 1.29 is 5.11 Å². The molecular weight excluding hydrogens is 170 g/mol. The van der Waals surface area contributed by atoms with Gasteiger partial charge in [0, 0.05) is 17.2 Å². The van der Waals surface area contributed by atoms with Crippen molar-refractivity contribution in [3.8, 4) is 0 Å². The van der Waals surface area contributed by atoms with Crippen molar-refractivity contribution in [1.82, 2.24) is 0 Å². The predicted octanol–water partition coefficient (Wildman–Crippen LogP) is 1.40. The van der Waals surface area contributed by atoms with Gasteiger partial charge < -0.3 is 10.8 Å². The van der Waals surface area contributed by atoms with E-state index in [1.807, 2.05) is 19.1 Å². The fourth-order valence-electron chi connectivity index (χ4n) is 1.08. The van der Waals surface area contributed by atoms with E-state index < -0.39 is 0 Å². The summed E-state index contributed by atoms with van der Waals surface area (Å²) in [6.45, 7) is 2.08. The molecule has 0 heterocycles. The quantitative estimate of drug-likeness (QED) is 0.479. The second-order valence-corrected chi connectivity index (χ2v) is 3.22. The topological polar surface area (TPSA) is 46.2 Å². The van der Waals surface area contributed by atoms with E-state index in [-0.39, 0.29) is 6.61 Å². The van der Waals surface area contributed by atoms with Crippen LogP contribution in [0.15, 0.2) is 17.0 Å². The van der Waals surface area contributed by atoms with Gasteiger partial charge in [-0.2, -0.15) is 0 Å². The second-order valence-electron chi connectivity index (χ2n) is 2.78. The molecule has 0 aliphatic carbocycles. The first-order chi connectivity index (χ1) is 5.66. The summed E-state index contributed by atoms with van der Waals surface area (Å²) >= 11 is 4.28. The largest absolute Gasteiger partial charge is 0.398 e. The lowest BCUT2D eigenvalue weighted by atomic mass is 10.1. The van der Waals surface area contributed by atoms with Gasteiger partial charge in [0.25, 0.3) is 0 Å². The van der Waals surface area contributed by atoms with Crippen molar-refractivity contribution in [3.05, 3.63) is 23.3 Å². The van der Waals surface area contributed by atoms with Crippen LogP contribution in [0.2, 0.25) is 0 Å². The summed E-state index contributed by atoms with van der Waals surface area (Å²) in [6, 6.07) is 3.89. The maximum absolute atomic E-state index is 8.73. The van der Waals surface area contributed by atoms with E-state index in [0.717, 1.165) is 16.0 Å². The predicted molar refractivity (Wildman–Crippen MR) is 53.6 cm³/mol. The molecule has 0 aliphatic rings. The fraction of sp³-hybridized carbons (Fsp3) is 0.333. The van der Waals surface area contributed by atoms with Gasteiger partial charge in [0.1, 0.15) is 0 Å². The molecule has 0 saturated heterocycles. The number of aryl methyl sites for hydroxylation is 1. The molecule has 0 atom stereocenters. The summed E-state index contributed by atoms with van der Waals surface area (Å²) in [5.74, 6) is 0. The molecule has 1 aromatic carbocycles. The van der Waals surface area contributed by atoms with Gasteiger partial charge in [-0.3, -0.25) is 0 Å². The number of nitrogen functional groups attached to an aromatic ring is 1. The third-order valence-corrected chi connectivity index (χ3v) is 2.43. The molecule has 0 saturated carbocycles. The molecule has 3 heteroatoms. The van der Waals surface area contributed by atoms with Crippen LogP contribution < -0.4 is 5.73 Å². The smallest absolute Gasteiger partial charge is 0.0482 e. The van der Waals surface area contributed by atoms with Gasteiger partial charge in [-0.05, 0) is 24.5 Å². The Balaban J connectivity index is 3.08. The fourth-order valence-corrected chi connectivity index (χ4v) is 1.44.